The van der Waals surface area contributed by atoms with Crippen molar-refractivity contribution >= 4 is 11.8 Å². The van der Waals surface area contributed by atoms with Crippen LogP contribution in [0.1, 0.15) is 62.8 Å². The number of fused-ring (bicyclic) bond motifs is 1. The molecule has 7 heteroatoms. The van der Waals surface area contributed by atoms with Crippen molar-refractivity contribution in [1.82, 2.24) is 15.1 Å². The van der Waals surface area contributed by atoms with Gasteiger partial charge in [-0.2, -0.15) is 0 Å². The Morgan fingerprint density at radius 1 is 1.08 bits per heavy atom. The number of benzene rings is 2. The van der Waals surface area contributed by atoms with Crippen molar-refractivity contribution in [3.63, 3.8) is 0 Å². The minimum absolute atomic E-state index is 0.0574. The number of amides is 2. The molecule has 2 heterocycles. The first kappa shape index (κ1) is 26.1. The molecule has 2 aromatic carbocycles. The zero-order valence-electron chi connectivity index (χ0n) is 21.6. The minimum atomic E-state index is -0.656. The number of hydrogen-bond acceptors (Lipinski definition) is 4. The Morgan fingerprint density at radius 3 is 2.58 bits per heavy atom. The van der Waals surface area contributed by atoms with Crippen LogP contribution < -0.4 is 10.1 Å². The number of rotatable bonds is 9. The maximum atomic E-state index is 14.2. The predicted molar refractivity (Wildman–Crippen MR) is 138 cm³/mol. The summed E-state index contributed by atoms with van der Waals surface area (Å²) < 4.78 is 20.2. The minimum Gasteiger partial charge on any atom is -0.481 e. The maximum absolute atomic E-state index is 14.2. The van der Waals surface area contributed by atoms with Gasteiger partial charge in [0.05, 0.1) is 6.04 Å². The molecule has 1 saturated heterocycles. The molecule has 36 heavy (non-hydrogen) atoms. The lowest BCUT2D eigenvalue weighted by Crippen LogP contribution is -2.41. The van der Waals surface area contributed by atoms with Crippen molar-refractivity contribution in [2.45, 2.75) is 58.6 Å². The third-order valence-corrected chi connectivity index (χ3v) is 7.02. The molecule has 2 amide bonds. The Hall–Kier alpha value is -2.93. The van der Waals surface area contributed by atoms with Crippen molar-refractivity contribution in [3.8, 4) is 5.75 Å². The molecule has 0 aliphatic carbocycles. The van der Waals surface area contributed by atoms with Crippen LogP contribution >= 0.6 is 0 Å². The zero-order valence-corrected chi connectivity index (χ0v) is 21.6. The molecule has 2 aliphatic heterocycles. The van der Waals surface area contributed by atoms with Crippen molar-refractivity contribution in [2.75, 3.05) is 32.7 Å². The molecule has 0 saturated carbocycles. The highest BCUT2D eigenvalue weighted by Crippen LogP contribution is 2.38. The molecule has 1 fully saturated rings. The van der Waals surface area contributed by atoms with Crippen LogP contribution in [0.15, 0.2) is 42.5 Å². The van der Waals surface area contributed by atoms with Gasteiger partial charge in [-0.25, -0.2) is 4.39 Å². The van der Waals surface area contributed by atoms with Gasteiger partial charge in [-0.3, -0.25) is 9.59 Å². The Balaban J connectivity index is 1.51. The largest absolute Gasteiger partial charge is 0.481 e. The molecular weight excluding hydrogens is 457 g/mol. The van der Waals surface area contributed by atoms with Crippen LogP contribution in [0.3, 0.4) is 0 Å². The van der Waals surface area contributed by atoms with E-state index in [1.165, 1.54) is 25.0 Å². The predicted octanol–water partition coefficient (Wildman–Crippen LogP) is 4.33. The molecule has 6 nitrogen and oxygen atoms in total. The van der Waals surface area contributed by atoms with Gasteiger partial charge >= 0.3 is 0 Å². The lowest BCUT2D eigenvalue weighted by atomic mass is 9.87. The molecule has 2 atom stereocenters. The maximum Gasteiger partial charge on any atom is 0.260 e. The fourth-order valence-electron chi connectivity index (χ4n) is 5.18. The summed E-state index contributed by atoms with van der Waals surface area (Å²) in [7, 11) is 0. The fourth-order valence-corrected chi connectivity index (χ4v) is 5.18. The molecule has 1 N–H and O–H groups in total. The van der Waals surface area contributed by atoms with E-state index in [1.807, 2.05) is 43.0 Å². The van der Waals surface area contributed by atoms with Crippen LogP contribution in [0.5, 0.6) is 5.75 Å². The summed E-state index contributed by atoms with van der Waals surface area (Å²) >= 11 is 0. The van der Waals surface area contributed by atoms with Gasteiger partial charge < -0.3 is 19.9 Å². The van der Waals surface area contributed by atoms with Crippen LogP contribution in [-0.4, -0.2) is 60.4 Å². The van der Waals surface area contributed by atoms with Crippen LogP contribution in [0, 0.1) is 11.7 Å². The fraction of sp³-hybridized carbons (Fsp3) is 0.517. The van der Waals surface area contributed by atoms with Gasteiger partial charge in [-0.15, -0.1) is 0 Å². The van der Waals surface area contributed by atoms with Crippen molar-refractivity contribution in [3.05, 3.63) is 65.0 Å². The third-order valence-electron chi connectivity index (χ3n) is 7.02. The second kappa shape index (κ2) is 11.9. The van der Waals surface area contributed by atoms with Crippen molar-refractivity contribution in [2.24, 2.45) is 5.92 Å². The number of carbonyl (C=O) groups excluding carboxylic acids is 2. The topological polar surface area (TPSA) is 61.9 Å². The van der Waals surface area contributed by atoms with Crippen LogP contribution in [0.25, 0.3) is 0 Å². The van der Waals surface area contributed by atoms with Gasteiger partial charge in [0.1, 0.15) is 11.6 Å². The van der Waals surface area contributed by atoms with Gasteiger partial charge in [-0.05, 0) is 86.1 Å². The quantitative estimate of drug-likeness (QED) is 0.563. The number of halogens is 1. The summed E-state index contributed by atoms with van der Waals surface area (Å²) in [6.07, 6.45) is 2.95. The van der Waals surface area contributed by atoms with Gasteiger partial charge in [0.25, 0.3) is 5.91 Å². The summed E-state index contributed by atoms with van der Waals surface area (Å²) in [4.78, 5) is 30.0. The Morgan fingerprint density at radius 2 is 1.86 bits per heavy atom. The van der Waals surface area contributed by atoms with E-state index in [9.17, 15) is 14.0 Å². The number of hydrogen-bond donors (Lipinski definition) is 1. The number of carbonyl (C=O) groups is 2. The molecule has 0 radical (unpaired) electrons. The molecule has 2 aromatic rings. The van der Waals surface area contributed by atoms with Gasteiger partial charge in [-0.1, -0.05) is 32.0 Å². The summed E-state index contributed by atoms with van der Waals surface area (Å²) in [5, 5.41) is 2.97. The number of ether oxygens (including phenoxy) is 1. The SMILES string of the molecule is CC(C)CC(=O)N1CCc2ccc(O[C@H](C)C(=O)NCCN3CCCC3)cc2[C@@H]1c1cccc(F)c1. The highest BCUT2D eigenvalue weighted by atomic mass is 19.1. The standard InChI is InChI=1S/C29H38FN3O3/c1-20(2)17-27(34)33-15-11-22-9-10-25(19-26(22)28(33)23-7-6-8-24(30)18-23)36-21(3)29(35)31-12-16-32-13-4-5-14-32/h6-10,18-21,28H,4-5,11-17H2,1-3H3,(H,31,35)/t21-,28+/m1/s1. The molecule has 0 aromatic heterocycles. The molecule has 194 valence electrons. The monoisotopic (exact) mass is 495 g/mol. The highest BCUT2D eigenvalue weighted by Gasteiger charge is 2.33. The summed E-state index contributed by atoms with van der Waals surface area (Å²) in [6.45, 7) is 10.0. The van der Waals surface area contributed by atoms with E-state index >= 15 is 0 Å². The molecule has 0 unspecified atom stereocenters. The summed E-state index contributed by atoms with van der Waals surface area (Å²) in [6, 6.07) is 11.8. The first-order chi connectivity index (χ1) is 17.3. The zero-order chi connectivity index (χ0) is 25.7. The van der Waals surface area contributed by atoms with E-state index in [1.54, 1.807) is 13.0 Å². The lowest BCUT2D eigenvalue weighted by Gasteiger charge is -2.38. The molecule has 0 bridgehead atoms. The van der Waals surface area contributed by atoms with Gasteiger partial charge in [0.15, 0.2) is 6.10 Å². The normalized spacial score (nSPS) is 18.7. The van der Waals surface area contributed by atoms with Crippen LogP contribution in [0.2, 0.25) is 0 Å². The Labute approximate surface area is 213 Å². The Bertz CT molecular complexity index is 1070. The second-order valence-electron chi connectivity index (χ2n) is 10.4. The van der Waals surface area contributed by atoms with E-state index in [-0.39, 0.29) is 23.5 Å². The number of nitrogens with one attached hydrogen (secondary N) is 1. The average molecular weight is 496 g/mol. The van der Waals surface area contributed by atoms with Gasteiger partial charge in [0, 0.05) is 26.1 Å². The van der Waals surface area contributed by atoms with E-state index in [0.29, 0.717) is 25.3 Å². The molecule has 2 aliphatic rings. The molecule has 0 spiro atoms. The first-order valence-electron chi connectivity index (χ1n) is 13.2. The van der Waals surface area contributed by atoms with Crippen LogP contribution in [0.4, 0.5) is 4.39 Å². The van der Waals surface area contributed by atoms with Crippen LogP contribution in [-0.2, 0) is 16.0 Å². The highest BCUT2D eigenvalue weighted by molar-refractivity contribution is 5.80. The van der Waals surface area contributed by atoms with E-state index in [2.05, 4.69) is 10.2 Å². The third kappa shape index (κ3) is 6.44. The van der Waals surface area contributed by atoms with E-state index in [4.69, 9.17) is 4.74 Å². The molecular formula is C29H38FN3O3. The van der Waals surface area contributed by atoms with E-state index in [0.717, 1.165) is 42.7 Å². The Kier molecular flexibility index (Phi) is 8.62. The second-order valence-corrected chi connectivity index (χ2v) is 10.4. The number of likely N-dealkylation sites (tertiary alicyclic amines) is 1. The van der Waals surface area contributed by atoms with E-state index < -0.39 is 12.1 Å². The van der Waals surface area contributed by atoms with Crippen molar-refractivity contribution < 1.29 is 18.7 Å². The smallest absolute Gasteiger partial charge is 0.260 e. The summed E-state index contributed by atoms with van der Waals surface area (Å²) in [5.74, 6) is 0.369. The first-order valence-corrected chi connectivity index (χ1v) is 13.2. The summed E-state index contributed by atoms with van der Waals surface area (Å²) in [5.41, 5.74) is 2.76. The lowest BCUT2D eigenvalue weighted by molar-refractivity contribution is -0.134. The molecule has 4 rings (SSSR count). The number of nitrogens with zero attached hydrogens (tertiary/aromatic N) is 2. The average Bonchev–Trinajstić information content (AvgIpc) is 3.36. The van der Waals surface area contributed by atoms with Crippen molar-refractivity contribution in [1.29, 1.82) is 0 Å². The van der Waals surface area contributed by atoms with Gasteiger partial charge in [0.2, 0.25) is 5.91 Å².